The van der Waals surface area contributed by atoms with Crippen LogP contribution in [0.25, 0.3) is 0 Å². The van der Waals surface area contributed by atoms with Crippen molar-refractivity contribution in [3.05, 3.63) is 11.7 Å². The molecule has 4 unspecified atom stereocenters. The zero-order valence-corrected chi connectivity index (χ0v) is 12.1. The summed E-state index contributed by atoms with van der Waals surface area (Å²) < 4.78 is 5.48. The van der Waals surface area contributed by atoms with Crippen molar-refractivity contribution in [2.45, 2.75) is 76.8 Å². The standard InChI is InChI=1S/C15H25N3O/c1-3-10(2)14-17-15(19-18-14)13-9-8-11-6-4-5-7-12(11)16-13/h10-13,16H,3-9H2,1-2H3. The van der Waals surface area contributed by atoms with Gasteiger partial charge in [-0.25, -0.2) is 0 Å². The van der Waals surface area contributed by atoms with Crippen molar-refractivity contribution in [2.75, 3.05) is 0 Å². The van der Waals surface area contributed by atoms with E-state index in [9.17, 15) is 0 Å². The summed E-state index contributed by atoms with van der Waals surface area (Å²) in [6, 6.07) is 0.955. The zero-order chi connectivity index (χ0) is 13.2. The van der Waals surface area contributed by atoms with Crippen molar-refractivity contribution in [2.24, 2.45) is 5.92 Å². The summed E-state index contributed by atoms with van der Waals surface area (Å²) in [7, 11) is 0. The fourth-order valence-electron chi connectivity index (χ4n) is 3.46. The Hall–Kier alpha value is -0.900. The molecule has 0 aromatic carbocycles. The summed E-state index contributed by atoms with van der Waals surface area (Å²) in [5.74, 6) is 2.94. The van der Waals surface area contributed by atoms with Crippen molar-refractivity contribution >= 4 is 0 Å². The van der Waals surface area contributed by atoms with Gasteiger partial charge in [0, 0.05) is 12.0 Å². The maximum atomic E-state index is 5.48. The van der Waals surface area contributed by atoms with E-state index in [4.69, 9.17) is 4.52 Å². The number of nitrogens with zero attached hydrogens (tertiary/aromatic N) is 2. The van der Waals surface area contributed by atoms with E-state index in [0.717, 1.165) is 30.5 Å². The van der Waals surface area contributed by atoms with E-state index >= 15 is 0 Å². The molecule has 19 heavy (non-hydrogen) atoms. The lowest BCUT2D eigenvalue weighted by Crippen LogP contribution is -2.44. The lowest BCUT2D eigenvalue weighted by Gasteiger charge is -2.39. The fraction of sp³-hybridized carbons (Fsp3) is 0.867. The van der Waals surface area contributed by atoms with Crippen LogP contribution in [0, 0.1) is 5.92 Å². The van der Waals surface area contributed by atoms with Crippen LogP contribution in [-0.4, -0.2) is 16.2 Å². The molecule has 0 bridgehead atoms. The van der Waals surface area contributed by atoms with Crippen LogP contribution < -0.4 is 5.32 Å². The Kier molecular flexibility index (Phi) is 3.87. The second-order valence-corrected chi connectivity index (χ2v) is 6.25. The maximum absolute atomic E-state index is 5.48. The van der Waals surface area contributed by atoms with Gasteiger partial charge in [-0.2, -0.15) is 4.98 Å². The molecule has 1 aliphatic heterocycles. The van der Waals surface area contributed by atoms with Crippen LogP contribution in [0.1, 0.15) is 82.5 Å². The van der Waals surface area contributed by atoms with E-state index in [1.165, 1.54) is 32.1 Å². The Bertz CT molecular complexity index is 417. The summed E-state index contributed by atoms with van der Waals surface area (Å²) in [5, 5.41) is 7.89. The van der Waals surface area contributed by atoms with Gasteiger partial charge in [-0.15, -0.1) is 0 Å². The summed E-state index contributed by atoms with van der Waals surface area (Å²) >= 11 is 0. The number of nitrogens with one attached hydrogen (secondary N) is 1. The van der Waals surface area contributed by atoms with Gasteiger partial charge in [-0.3, -0.25) is 0 Å². The normalized spacial score (nSPS) is 32.8. The molecule has 1 N–H and O–H groups in total. The molecule has 2 fully saturated rings. The van der Waals surface area contributed by atoms with E-state index < -0.39 is 0 Å². The fourth-order valence-corrected chi connectivity index (χ4v) is 3.46. The van der Waals surface area contributed by atoms with E-state index in [1.807, 2.05) is 0 Å². The smallest absolute Gasteiger partial charge is 0.243 e. The highest BCUT2D eigenvalue weighted by Gasteiger charge is 2.34. The maximum Gasteiger partial charge on any atom is 0.243 e. The topological polar surface area (TPSA) is 51.0 Å². The third-order valence-electron chi connectivity index (χ3n) is 4.96. The molecule has 1 aromatic rings. The van der Waals surface area contributed by atoms with Crippen molar-refractivity contribution in [1.82, 2.24) is 15.5 Å². The molecule has 4 nitrogen and oxygen atoms in total. The number of rotatable bonds is 3. The molecule has 4 atom stereocenters. The quantitative estimate of drug-likeness (QED) is 0.905. The molecule has 0 spiro atoms. The van der Waals surface area contributed by atoms with E-state index in [2.05, 4.69) is 29.3 Å². The average Bonchev–Trinajstić information content (AvgIpc) is 2.95. The molecule has 4 heteroatoms. The van der Waals surface area contributed by atoms with Gasteiger partial charge in [0.2, 0.25) is 5.89 Å². The first-order valence-electron chi connectivity index (χ1n) is 7.87. The first-order valence-corrected chi connectivity index (χ1v) is 7.87. The Morgan fingerprint density at radius 2 is 2.11 bits per heavy atom. The molecule has 1 aliphatic carbocycles. The van der Waals surface area contributed by atoms with Crippen LogP contribution in [0.2, 0.25) is 0 Å². The minimum Gasteiger partial charge on any atom is -0.338 e. The molecule has 1 saturated heterocycles. The largest absolute Gasteiger partial charge is 0.338 e. The average molecular weight is 263 g/mol. The Balaban J connectivity index is 1.67. The Morgan fingerprint density at radius 1 is 1.26 bits per heavy atom. The number of hydrogen-bond donors (Lipinski definition) is 1. The summed E-state index contributed by atoms with van der Waals surface area (Å²) in [6.45, 7) is 4.31. The molecule has 0 radical (unpaired) electrons. The van der Waals surface area contributed by atoms with Crippen LogP contribution >= 0.6 is 0 Å². The van der Waals surface area contributed by atoms with Crippen molar-refractivity contribution in [3.63, 3.8) is 0 Å². The third kappa shape index (κ3) is 2.69. The molecule has 1 saturated carbocycles. The predicted molar refractivity (Wildman–Crippen MR) is 73.9 cm³/mol. The van der Waals surface area contributed by atoms with Gasteiger partial charge in [0.05, 0.1) is 6.04 Å². The van der Waals surface area contributed by atoms with E-state index in [0.29, 0.717) is 12.0 Å². The minimum absolute atomic E-state index is 0.282. The monoisotopic (exact) mass is 263 g/mol. The van der Waals surface area contributed by atoms with Crippen LogP contribution in [0.15, 0.2) is 4.52 Å². The molecular weight excluding hydrogens is 238 g/mol. The van der Waals surface area contributed by atoms with E-state index in [-0.39, 0.29) is 6.04 Å². The predicted octanol–water partition coefficient (Wildman–Crippen LogP) is 3.57. The first kappa shape index (κ1) is 13.1. The highest BCUT2D eigenvalue weighted by atomic mass is 16.5. The summed E-state index contributed by atoms with van der Waals surface area (Å²) in [5.41, 5.74) is 0. The SMILES string of the molecule is CCC(C)c1noc(C2CCC3CCCCC3N2)n1. The number of piperidine rings is 1. The molecule has 0 amide bonds. The lowest BCUT2D eigenvalue weighted by atomic mass is 9.78. The van der Waals surface area contributed by atoms with Crippen LogP contribution in [0.5, 0.6) is 0 Å². The van der Waals surface area contributed by atoms with E-state index in [1.54, 1.807) is 0 Å². The highest BCUT2D eigenvalue weighted by Crippen LogP contribution is 2.36. The lowest BCUT2D eigenvalue weighted by molar-refractivity contribution is 0.158. The minimum atomic E-state index is 0.282. The molecule has 2 aliphatic rings. The molecule has 106 valence electrons. The zero-order valence-electron chi connectivity index (χ0n) is 12.1. The number of hydrogen-bond acceptors (Lipinski definition) is 4. The van der Waals surface area contributed by atoms with Crippen LogP contribution in [0.3, 0.4) is 0 Å². The third-order valence-corrected chi connectivity index (χ3v) is 4.96. The van der Waals surface area contributed by atoms with Crippen molar-refractivity contribution in [3.8, 4) is 0 Å². The molecule has 1 aromatic heterocycles. The van der Waals surface area contributed by atoms with Gasteiger partial charge in [0.15, 0.2) is 5.82 Å². The van der Waals surface area contributed by atoms with Gasteiger partial charge < -0.3 is 9.84 Å². The summed E-state index contributed by atoms with van der Waals surface area (Å²) in [4.78, 5) is 4.60. The first-order chi connectivity index (χ1) is 9.28. The Morgan fingerprint density at radius 3 is 2.95 bits per heavy atom. The molecule has 2 heterocycles. The van der Waals surface area contributed by atoms with Gasteiger partial charge in [-0.1, -0.05) is 31.8 Å². The summed E-state index contributed by atoms with van der Waals surface area (Å²) in [6.07, 6.45) is 8.99. The second-order valence-electron chi connectivity index (χ2n) is 6.25. The van der Waals surface area contributed by atoms with Crippen LogP contribution in [-0.2, 0) is 0 Å². The number of aromatic nitrogens is 2. The molecular formula is C15H25N3O. The van der Waals surface area contributed by atoms with Gasteiger partial charge >= 0.3 is 0 Å². The van der Waals surface area contributed by atoms with Crippen LogP contribution in [0.4, 0.5) is 0 Å². The van der Waals surface area contributed by atoms with Gasteiger partial charge in [0.1, 0.15) is 0 Å². The van der Waals surface area contributed by atoms with Crippen molar-refractivity contribution in [1.29, 1.82) is 0 Å². The number of fused-ring (bicyclic) bond motifs is 1. The highest BCUT2D eigenvalue weighted by molar-refractivity contribution is 5.01. The van der Waals surface area contributed by atoms with Crippen molar-refractivity contribution < 1.29 is 4.52 Å². The molecule has 3 rings (SSSR count). The van der Waals surface area contributed by atoms with Gasteiger partial charge in [-0.05, 0) is 38.0 Å². The van der Waals surface area contributed by atoms with Gasteiger partial charge in [0.25, 0.3) is 0 Å². The Labute approximate surface area is 115 Å². The second kappa shape index (κ2) is 5.61.